The van der Waals surface area contributed by atoms with Crippen molar-refractivity contribution in [2.75, 3.05) is 6.54 Å². The molecule has 1 rings (SSSR count). The molecule has 0 fully saturated rings. The Bertz CT molecular complexity index is 406. The molecular weight excluding hydrogens is 285 g/mol. The van der Waals surface area contributed by atoms with Crippen LogP contribution in [0.3, 0.4) is 0 Å². The lowest BCUT2D eigenvalue weighted by molar-refractivity contribution is -0.118. The number of halogens is 2. The first-order valence-electron chi connectivity index (χ1n) is 5.60. The summed E-state index contributed by atoms with van der Waals surface area (Å²) in [5.74, 6) is -0.796. The van der Waals surface area contributed by atoms with E-state index >= 15 is 0 Å². The van der Waals surface area contributed by atoms with Crippen LogP contribution in [-0.4, -0.2) is 18.4 Å². The average molecular weight is 302 g/mol. The van der Waals surface area contributed by atoms with Crippen LogP contribution in [0.4, 0.5) is 4.39 Å². The van der Waals surface area contributed by atoms with E-state index < -0.39 is 5.92 Å². The second-order valence-electron chi connectivity index (χ2n) is 4.39. The highest BCUT2D eigenvalue weighted by atomic mass is 79.9. The van der Waals surface area contributed by atoms with E-state index in [1.807, 2.05) is 13.8 Å². The lowest BCUT2D eigenvalue weighted by atomic mass is 9.94. The van der Waals surface area contributed by atoms with E-state index in [0.717, 1.165) is 0 Å². The Balaban J connectivity index is 2.93. The first-order valence-corrected chi connectivity index (χ1v) is 6.40. The Hall–Kier alpha value is -0.740. The first-order chi connectivity index (χ1) is 7.91. The van der Waals surface area contributed by atoms with E-state index in [2.05, 4.69) is 21.2 Å². The number of ketones is 1. The molecule has 0 unspecified atom stereocenters. The van der Waals surface area contributed by atoms with Gasteiger partial charge in [0.05, 0.1) is 5.92 Å². The summed E-state index contributed by atoms with van der Waals surface area (Å²) in [6.45, 7) is 5.95. The molecule has 1 aromatic rings. The number of hydrogen-bond acceptors (Lipinski definition) is 2. The van der Waals surface area contributed by atoms with Gasteiger partial charge in [0.2, 0.25) is 0 Å². The second-order valence-corrected chi connectivity index (χ2v) is 5.31. The Kier molecular flexibility index (Phi) is 5.28. The summed E-state index contributed by atoms with van der Waals surface area (Å²) >= 11 is 3.20. The molecule has 17 heavy (non-hydrogen) atoms. The van der Waals surface area contributed by atoms with Crippen LogP contribution in [0.1, 0.15) is 32.3 Å². The van der Waals surface area contributed by atoms with Crippen molar-refractivity contribution in [1.29, 1.82) is 0 Å². The van der Waals surface area contributed by atoms with Crippen molar-refractivity contribution in [3.05, 3.63) is 34.1 Å². The van der Waals surface area contributed by atoms with Crippen molar-refractivity contribution in [1.82, 2.24) is 5.32 Å². The third-order valence-corrected chi connectivity index (χ3v) is 3.05. The quantitative estimate of drug-likeness (QED) is 0.904. The molecule has 0 heterocycles. The molecule has 0 saturated carbocycles. The second kappa shape index (κ2) is 6.26. The summed E-state index contributed by atoms with van der Waals surface area (Å²) in [5.41, 5.74) is 0.453. The van der Waals surface area contributed by atoms with Gasteiger partial charge in [-0.15, -0.1) is 0 Å². The highest BCUT2D eigenvalue weighted by Crippen LogP contribution is 2.23. The third-order valence-electron chi connectivity index (χ3n) is 2.56. The van der Waals surface area contributed by atoms with Crippen molar-refractivity contribution in [3.8, 4) is 0 Å². The smallest absolute Gasteiger partial charge is 0.138 e. The van der Waals surface area contributed by atoms with Crippen LogP contribution in [0.25, 0.3) is 0 Å². The normalized spacial score (nSPS) is 12.8. The van der Waals surface area contributed by atoms with Crippen molar-refractivity contribution < 1.29 is 9.18 Å². The van der Waals surface area contributed by atoms with Crippen LogP contribution in [-0.2, 0) is 4.79 Å². The molecule has 1 aromatic carbocycles. The van der Waals surface area contributed by atoms with Gasteiger partial charge in [0, 0.05) is 17.1 Å². The van der Waals surface area contributed by atoms with Crippen molar-refractivity contribution in [2.24, 2.45) is 0 Å². The summed E-state index contributed by atoms with van der Waals surface area (Å²) in [4.78, 5) is 11.6. The topological polar surface area (TPSA) is 29.1 Å². The minimum Gasteiger partial charge on any atom is -0.313 e. The van der Waals surface area contributed by atoms with E-state index in [1.165, 1.54) is 13.0 Å². The molecule has 0 bridgehead atoms. The van der Waals surface area contributed by atoms with Gasteiger partial charge in [-0.3, -0.25) is 4.79 Å². The number of benzene rings is 1. The predicted octanol–water partition coefficient (Wildman–Crippen LogP) is 3.26. The standard InChI is InChI=1S/C13H17BrFNO/c1-8(2)16-7-12(9(3)17)11-5-4-10(14)6-13(11)15/h4-6,8,12,16H,7H2,1-3H3/t12-/m0/s1. The number of carbonyl (C=O) groups is 1. The third kappa shape index (κ3) is 4.21. The molecule has 94 valence electrons. The summed E-state index contributed by atoms with van der Waals surface area (Å²) in [5, 5.41) is 3.17. The molecule has 1 atom stereocenters. The van der Waals surface area contributed by atoms with Gasteiger partial charge < -0.3 is 5.32 Å². The van der Waals surface area contributed by atoms with Crippen molar-refractivity contribution >= 4 is 21.7 Å². The zero-order valence-electron chi connectivity index (χ0n) is 10.3. The molecule has 0 aliphatic heterocycles. The van der Waals surface area contributed by atoms with E-state index in [1.54, 1.807) is 12.1 Å². The maximum absolute atomic E-state index is 13.8. The molecule has 1 N–H and O–H groups in total. The highest BCUT2D eigenvalue weighted by molar-refractivity contribution is 9.10. The Morgan fingerprint density at radius 3 is 2.59 bits per heavy atom. The fourth-order valence-electron chi connectivity index (χ4n) is 1.61. The molecule has 0 aliphatic rings. The fourth-order valence-corrected chi connectivity index (χ4v) is 1.94. The van der Waals surface area contributed by atoms with Gasteiger partial charge >= 0.3 is 0 Å². The van der Waals surface area contributed by atoms with E-state index in [-0.39, 0.29) is 17.6 Å². The van der Waals surface area contributed by atoms with Crippen LogP contribution in [0, 0.1) is 5.82 Å². The van der Waals surface area contributed by atoms with Crippen LogP contribution in [0.2, 0.25) is 0 Å². The highest BCUT2D eigenvalue weighted by Gasteiger charge is 2.20. The number of carbonyl (C=O) groups excluding carboxylic acids is 1. The number of Topliss-reactive ketones (excluding diaryl/α,β-unsaturated/α-hetero) is 1. The van der Waals surface area contributed by atoms with Crippen molar-refractivity contribution in [2.45, 2.75) is 32.7 Å². The van der Waals surface area contributed by atoms with E-state index in [4.69, 9.17) is 0 Å². The number of rotatable bonds is 5. The van der Waals surface area contributed by atoms with Crippen LogP contribution in [0.15, 0.2) is 22.7 Å². The van der Waals surface area contributed by atoms with Gasteiger partial charge in [0.25, 0.3) is 0 Å². The van der Waals surface area contributed by atoms with E-state index in [9.17, 15) is 9.18 Å². The molecule has 4 heteroatoms. The predicted molar refractivity (Wildman–Crippen MR) is 70.7 cm³/mol. The maximum Gasteiger partial charge on any atom is 0.138 e. The fraction of sp³-hybridized carbons (Fsp3) is 0.462. The van der Waals surface area contributed by atoms with Gasteiger partial charge in [0.15, 0.2) is 0 Å². The SMILES string of the molecule is CC(=O)[C@H](CNC(C)C)c1ccc(Br)cc1F. The molecule has 0 amide bonds. The van der Waals surface area contributed by atoms with Crippen LogP contribution in [0.5, 0.6) is 0 Å². The van der Waals surface area contributed by atoms with Crippen molar-refractivity contribution in [3.63, 3.8) is 0 Å². The minimum absolute atomic E-state index is 0.0284. The van der Waals surface area contributed by atoms with E-state index in [0.29, 0.717) is 16.6 Å². The Labute approximate surface area is 110 Å². The number of hydrogen-bond donors (Lipinski definition) is 1. The molecule has 0 spiro atoms. The zero-order chi connectivity index (χ0) is 13.0. The van der Waals surface area contributed by atoms with Crippen LogP contribution >= 0.6 is 15.9 Å². The molecule has 2 nitrogen and oxygen atoms in total. The lowest BCUT2D eigenvalue weighted by Gasteiger charge is -2.17. The first kappa shape index (κ1) is 14.3. The zero-order valence-corrected chi connectivity index (χ0v) is 11.8. The largest absolute Gasteiger partial charge is 0.313 e. The van der Waals surface area contributed by atoms with Gasteiger partial charge in [-0.05, 0) is 24.6 Å². The molecule has 0 saturated heterocycles. The monoisotopic (exact) mass is 301 g/mol. The lowest BCUT2D eigenvalue weighted by Crippen LogP contribution is -2.31. The van der Waals surface area contributed by atoms with Gasteiger partial charge in [0.1, 0.15) is 11.6 Å². The summed E-state index contributed by atoms with van der Waals surface area (Å²) in [6.07, 6.45) is 0. The van der Waals surface area contributed by atoms with Crippen LogP contribution < -0.4 is 5.32 Å². The average Bonchev–Trinajstić information content (AvgIpc) is 2.20. The van der Waals surface area contributed by atoms with Gasteiger partial charge in [-0.25, -0.2) is 4.39 Å². The molecule has 0 aliphatic carbocycles. The Morgan fingerprint density at radius 1 is 1.47 bits per heavy atom. The molecule has 0 radical (unpaired) electrons. The van der Waals surface area contributed by atoms with Gasteiger partial charge in [-0.2, -0.15) is 0 Å². The summed E-state index contributed by atoms with van der Waals surface area (Å²) < 4.78 is 14.5. The Morgan fingerprint density at radius 2 is 2.12 bits per heavy atom. The van der Waals surface area contributed by atoms with Gasteiger partial charge in [-0.1, -0.05) is 35.8 Å². The molecular formula is C13H17BrFNO. The summed E-state index contributed by atoms with van der Waals surface area (Å²) in [6, 6.07) is 5.08. The number of nitrogens with one attached hydrogen (secondary N) is 1. The summed E-state index contributed by atoms with van der Waals surface area (Å²) in [7, 11) is 0. The molecule has 0 aromatic heterocycles. The maximum atomic E-state index is 13.8. The minimum atomic E-state index is -0.425.